The topological polar surface area (TPSA) is 38.0 Å². The summed E-state index contributed by atoms with van der Waals surface area (Å²) in [5, 5.41) is 3.35. The van der Waals surface area contributed by atoms with Gasteiger partial charge in [0.25, 0.3) is 0 Å². The molecule has 0 aliphatic carbocycles. The van der Waals surface area contributed by atoms with Gasteiger partial charge in [0, 0.05) is 15.8 Å². The van der Waals surface area contributed by atoms with E-state index >= 15 is 0 Å². The van der Waals surface area contributed by atoms with Crippen molar-refractivity contribution in [2.75, 3.05) is 12.3 Å². The molecule has 0 saturated carbocycles. The molecule has 3 N–H and O–H groups in total. The van der Waals surface area contributed by atoms with Crippen LogP contribution in [0.2, 0.25) is 0 Å². The van der Waals surface area contributed by atoms with Gasteiger partial charge in [0.05, 0.1) is 0 Å². The van der Waals surface area contributed by atoms with E-state index in [4.69, 9.17) is 5.73 Å². The van der Waals surface area contributed by atoms with E-state index in [1.807, 2.05) is 6.07 Å². The molecule has 3 heteroatoms. The molecule has 0 unspecified atom stereocenters. The van der Waals surface area contributed by atoms with E-state index in [-0.39, 0.29) is 0 Å². The molecule has 0 radical (unpaired) electrons. The Kier molecular flexibility index (Phi) is 2.23. The third-order valence-corrected chi connectivity index (χ3v) is 3.27. The predicted octanol–water partition coefficient (Wildman–Crippen LogP) is 1.52. The number of nitrogen functional groups attached to an aromatic ring is 1. The Balaban J connectivity index is 2.57. The van der Waals surface area contributed by atoms with Crippen LogP contribution >= 0.6 is 22.6 Å². The molecule has 0 amide bonds. The van der Waals surface area contributed by atoms with Gasteiger partial charge in [-0.25, -0.2) is 0 Å². The Morgan fingerprint density at radius 1 is 1.33 bits per heavy atom. The van der Waals surface area contributed by atoms with Gasteiger partial charge >= 0.3 is 0 Å². The van der Waals surface area contributed by atoms with Gasteiger partial charge in [-0.1, -0.05) is 0 Å². The largest absolute Gasteiger partial charge is 0.398 e. The van der Waals surface area contributed by atoms with Gasteiger partial charge in [-0.15, -0.1) is 0 Å². The Labute approximate surface area is 85.7 Å². The van der Waals surface area contributed by atoms with E-state index in [0.29, 0.717) is 0 Å². The molecule has 1 heterocycles. The van der Waals surface area contributed by atoms with Crippen LogP contribution in [0.4, 0.5) is 5.69 Å². The van der Waals surface area contributed by atoms with Crippen molar-refractivity contribution >= 4 is 28.3 Å². The summed E-state index contributed by atoms with van der Waals surface area (Å²) in [4.78, 5) is 0. The Morgan fingerprint density at radius 2 is 2.17 bits per heavy atom. The molecule has 1 aromatic carbocycles. The van der Waals surface area contributed by atoms with Crippen LogP contribution in [0.3, 0.4) is 0 Å². The van der Waals surface area contributed by atoms with E-state index in [1.165, 1.54) is 14.7 Å². The number of rotatable bonds is 0. The number of halogens is 1. The summed E-state index contributed by atoms with van der Waals surface area (Å²) in [6.07, 6.45) is 1.07. The highest BCUT2D eigenvalue weighted by molar-refractivity contribution is 14.1. The fourth-order valence-corrected chi connectivity index (χ4v) is 2.29. The molecular weight excluding hydrogens is 263 g/mol. The highest BCUT2D eigenvalue weighted by Gasteiger charge is 2.13. The second kappa shape index (κ2) is 3.22. The first-order valence-corrected chi connectivity index (χ1v) is 5.13. The summed E-state index contributed by atoms with van der Waals surface area (Å²) in [6.45, 7) is 2.02. The van der Waals surface area contributed by atoms with Crippen molar-refractivity contribution in [3.05, 3.63) is 26.8 Å². The van der Waals surface area contributed by atoms with E-state index in [1.54, 1.807) is 0 Å². The number of nitrogens with two attached hydrogens (primary N) is 1. The third-order valence-electron chi connectivity index (χ3n) is 2.26. The van der Waals surface area contributed by atoms with Crippen LogP contribution in [0, 0.1) is 3.57 Å². The fraction of sp³-hybridized carbons (Fsp3) is 0.333. The first-order chi connectivity index (χ1) is 5.79. The number of fused-ring (bicyclic) bond motifs is 1. The van der Waals surface area contributed by atoms with Crippen LogP contribution in [-0.4, -0.2) is 6.54 Å². The highest BCUT2D eigenvalue weighted by Crippen LogP contribution is 2.25. The average molecular weight is 274 g/mol. The summed E-state index contributed by atoms with van der Waals surface area (Å²) >= 11 is 2.36. The van der Waals surface area contributed by atoms with Crippen LogP contribution in [0.25, 0.3) is 0 Å². The van der Waals surface area contributed by atoms with Crippen molar-refractivity contribution < 1.29 is 0 Å². The molecule has 12 heavy (non-hydrogen) atoms. The molecule has 2 rings (SSSR count). The maximum atomic E-state index is 5.88. The summed E-state index contributed by atoms with van der Waals surface area (Å²) in [5.41, 5.74) is 9.57. The lowest BCUT2D eigenvalue weighted by Gasteiger charge is -2.19. The second-order valence-electron chi connectivity index (χ2n) is 3.02. The van der Waals surface area contributed by atoms with Crippen LogP contribution in [0.5, 0.6) is 0 Å². The van der Waals surface area contributed by atoms with Gasteiger partial charge in [-0.05, 0) is 58.8 Å². The van der Waals surface area contributed by atoms with Crippen LogP contribution < -0.4 is 11.1 Å². The number of anilines is 1. The van der Waals surface area contributed by atoms with Gasteiger partial charge < -0.3 is 11.1 Å². The van der Waals surface area contributed by atoms with Gasteiger partial charge in [0.15, 0.2) is 0 Å². The lowest BCUT2D eigenvalue weighted by Crippen LogP contribution is -2.25. The molecule has 1 aliphatic rings. The highest BCUT2D eigenvalue weighted by atomic mass is 127. The van der Waals surface area contributed by atoms with E-state index in [0.717, 1.165) is 25.2 Å². The molecule has 0 bridgehead atoms. The molecule has 64 valence electrons. The Hall–Kier alpha value is -0.290. The average Bonchev–Trinajstić information content (AvgIpc) is 2.12. The molecular formula is C9H11IN2. The summed E-state index contributed by atoms with van der Waals surface area (Å²) < 4.78 is 1.32. The minimum atomic E-state index is 0.951. The van der Waals surface area contributed by atoms with E-state index < -0.39 is 0 Å². The van der Waals surface area contributed by atoms with Gasteiger partial charge in [-0.2, -0.15) is 0 Å². The zero-order valence-corrected chi connectivity index (χ0v) is 8.89. The predicted molar refractivity (Wildman–Crippen MR) is 59.0 cm³/mol. The lowest BCUT2D eigenvalue weighted by molar-refractivity contribution is 0.642. The molecule has 0 saturated heterocycles. The smallest absolute Gasteiger partial charge is 0.0351 e. The molecule has 0 atom stereocenters. The maximum absolute atomic E-state index is 5.88. The van der Waals surface area contributed by atoms with Crippen molar-refractivity contribution in [1.29, 1.82) is 0 Å². The molecule has 1 aliphatic heterocycles. The van der Waals surface area contributed by atoms with Gasteiger partial charge in [0.1, 0.15) is 0 Å². The van der Waals surface area contributed by atoms with E-state index in [2.05, 4.69) is 34.0 Å². The first-order valence-electron chi connectivity index (χ1n) is 4.05. The number of hydrogen-bond donors (Lipinski definition) is 2. The van der Waals surface area contributed by atoms with Crippen LogP contribution in [-0.2, 0) is 13.0 Å². The summed E-state index contributed by atoms with van der Waals surface area (Å²) in [5.74, 6) is 0. The molecule has 1 aromatic rings. The Bertz CT molecular complexity index is 279. The van der Waals surface area contributed by atoms with Crippen molar-refractivity contribution in [1.82, 2.24) is 5.32 Å². The fourth-order valence-electron chi connectivity index (χ4n) is 1.60. The number of nitrogens with one attached hydrogen (secondary N) is 1. The summed E-state index contributed by atoms with van der Waals surface area (Å²) in [7, 11) is 0. The number of hydrogen-bond acceptors (Lipinski definition) is 2. The zero-order chi connectivity index (χ0) is 8.55. The molecule has 0 spiro atoms. The second-order valence-corrected chi connectivity index (χ2v) is 4.18. The molecule has 2 nitrogen and oxygen atoms in total. The maximum Gasteiger partial charge on any atom is 0.0351 e. The van der Waals surface area contributed by atoms with Crippen molar-refractivity contribution in [3.63, 3.8) is 0 Å². The van der Waals surface area contributed by atoms with Gasteiger partial charge in [0.2, 0.25) is 0 Å². The SMILES string of the molecule is Nc1ccc(I)c2c1CCNC2. The monoisotopic (exact) mass is 274 g/mol. The molecule has 0 fully saturated rings. The van der Waals surface area contributed by atoms with Gasteiger partial charge in [-0.3, -0.25) is 0 Å². The van der Waals surface area contributed by atoms with Crippen LogP contribution in [0.1, 0.15) is 11.1 Å². The van der Waals surface area contributed by atoms with E-state index in [9.17, 15) is 0 Å². The standard InChI is InChI=1S/C9H11IN2/c10-8-1-2-9(11)6-3-4-12-5-7(6)8/h1-2,12H,3-5,11H2. The van der Waals surface area contributed by atoms with Crippen molar-refractivity contribution in [3.8, 4) is 0 Å². The van der Waals surface area contributed by atoms with Crippen molar-refractivity contribution in [2.24, 2.45) is 0 Å². The third kappa shape index (κ3) is 1.31. The normalized spacial score (nSPS) is 15.8. The Morgan fingerprint density at radius 3 is 2.92 bits per heavy atom. The van der Waals surface area contributed by atoms with Crippen LogP contribution in [0.15, 0.2) is 12.1 Å². The minimum Gasteiger partial charge on any atom is -0.398 e. The first kappa shape index (κ1) is 8.31. The summed E-state index contributed by atoms with van der Waals surface area (Å²) in [6, 6.07) is 4.09. The number of benzene rings is 1. The zero-order valence-electron chi connectivity index (χ0n) is 6.73. The molecule has 0 aromatic heterocycles. The minimum absolute atomic E-state index is 0.951. The lowest BCUT2D eigenvalue weighted by atomic mass is 9.99. The quantitative estimate of drug-likeness (QED) is 0.556. The van der Waals surface area contributed by atoms with Crippen molar-refractivity contribution in [2.45, 2.75) is 13.0 Å².